The Labute approximate surface area is 262 Å². The smallest absolute Gasteiger partial charge is 0.308 e. The van der Waals surface area contributed by atoms with Gasteiger partial charge < -0.3 is 30.2 Å². The first-order chi connectivity index (χ1) is 20.4. The van der Waals surface area contributed by atoms with Crippen LogP contribution in [0.5, 0.6) is 0 Å². The van der Waals surface area contributed by atoms with Crippen molar-refractivity contribution in [2.45, 2.75) is 106 Å². The van der Waals surface area contributed by atoms with Crippen molar-refractivity contribution >= 4 is 17.7 Å². The molecule has 3 saturated carbocycles. The zero-order valence-electron chi connectivity index (χ0n) is 28.0. The molecule has 4 aliphatic carbocycles. The fourth-order valence-electron chi connectivity index (χ4n) is 11.3. The third-order valence-electron chi connectivity index (χ3n) is 14.0. The molecular formula is C35H55NO8. The van der Waals surface area contributed by atoms with E-state index in [4.69, 9.17) is 19.9 Å². The average molecular weight is 618 g/mol. The standard InChI is InChI=1S/C35H55NO8/c1-19(2)20(3)31(5)11-12-33(7)23-9-10-26-32(6)17-42-18-35(26,24(23)13-27(39)34(33,8)28(31)30(40)41)14-25(44-21(4)38)29(32)43-16-22(36)15-37/h13,19-20,22-23,25-26,28-29,37H,9-12,14-18,36H2,1-8H3,(H,40,41)/t20-,22?,23+,25-,26+,28-,29+,31-,32-,33-,34+,35+/m1/s1. The van der Waals surface area contributed by atoms with Gasteiger partial charge in [0.15, 0.2) is 5.78 Å². The second kappa shape index (κ2) is 11.2. The van der Waals surface area contributed by atoms with Gasteiger partial charge in [0.1, 0.15) is 12.2 Å². The van der Waals surface area contributed by atoms with E-state index >= 15 is 0 Å². The largest absolute Gasteiger partial charge is 0.481 e. The quantitative estimate of drug-likeness (QED) is 0.338. The fourth-order valence-corrected chi connectivity index (χ4v) is 11.3. The summed E-state index contributed by atoms with van der Waals surface area (Å²) in [7, 11) is 0. The summed E-state index contributed by atoms with van der Waals surface area (Å²) in [6.07, 6.45) is 4.44. The molecule has 248 valence electrons. The van der Waals surface area contributed by atoms with Crippen molar-refractivity contribution in [1.82, 2.24) is 0 Å². The molecule has 5 aliphatic rings. The van der Waals surface area contributed by atoms with E-state index in [0.717, 1.165) is 31.3 Å². The summed E-state index contributed by atoms with van der Waals surface area (Å²) in [6.45, 7) is 16.9. The molecule has 0 aromatic heterocycles. The summed E-state index contributed by atoms with van der Waals surface area (Å²) >= 11 is 0. The molecule has 1 unspecified atom stereocenters. The van der Waals surface area contributed by atoms with E-state index < -0.39 is 63.2 Å². The Morgan fingerprint density at radius 3 is 2.39 bits per heavy atom. The van der Waals surface area contributed by atoms with Gasteiger partial charge in [0.2, 0.25) is 0 Å². The third kappa shape index (κ3) is 4.49. The summed E-state index contributed by atoms with van der Waals surface area (Å²) in [4.78, 5) is 40.4. The van der Waals surface area contributed by atoms with E-state index in [2.05, 4.69) is 41.5 Å². The van der Waals surface area contributed by atoms with Crippen molar-refractivity contribution in [2.75, 3.05) is 26.4 Å². The highest BCUT2D eigenvalue weighted by atomic mass is 16.6. The van der Waals surface area contributed by atoms with Crippen LogP contribution in [0.4, 0.5) is 0 Å². The summed E-state index contributed by atoms with van der Waals surface area (Å²) in [5, 5.41) is 20.4. The van der Waals surface area contributed by atoms with E-state index in [1.54, 1.807) is 0 Å². The van der Waals surface area contributed by atoms with Crippen LogP contribution in [0.15, 0.2) is 11.6 Å². The predicted octanol–water partition coefficient (Wildman–Crippen LogP) is 4.39. The number of aliphatic hydroxyl groups excluding tert-OH is 1. The lowest BCUT2D eigenvalue weighted by molar-refractivity contribution is -0.266. The van der Waals surface area contributed by atoms with Crippen LogP contribution in [0.1, 0.15) is 87.5 Å². The number of carbonyl (C=O) groups is 3. The van der Waals surface area contributed by atoms with E-state index in [1.165, 1.54) is 6.92 Å². The highest BCUT2D eigenvalue weighted by Gasteiger charge is 2.74. The maximum Gasteiger partial charge on any atom is 0.308 e. The first-order valence-electron chi connectivity index (χ1n) is 16.7. The minimum atomic E-state index is -1.07. The van der Waals surface area contributed by atoms with Gasteiger partial charge in [-0.25, -0.2) is 0 Å². The number of aliphatic hydroxyl groups is 1. The third-order valence-corrected chi connectivity index (χ3v) is 14.0. The number of hydrogen-bond acceptors (Lipinski definition) is 8. The van der Waals surface area contributed by atoms with Crippen molar-refractivity contribution in [3.8, 4) is 0 Å². The van der Waals surface area contributed by atoms with E-state index in [0.29, 0.717) is 19.6 Å². The van der Waals surface area contributed by atoms with E-state index in [1.807, 2.05) is 13.0 Å². The lowest BCUT2D eigenvalue weighted by Gasteiger charge is -2.70. The van der Waals surface area contributed by atoms with Gasteiger partial charge in [0.25, 0.3) is 0 Å². The monoisotopic (exact) mass is 617 g/mol. The summed E-state index contributed by atoms with van der Waals surface area (Å²) in [6, 6.07) is -0.558. The molecule has 9 nitrogen and oxygen atoms in total. The SMILES string of the molecule is CC(=O)O[C@@H]1C[C@@]23COC[C@](C)([C@@H]2CC[C@H]2C3=CC(=O)[C@@]3(C)[C@H](C(=O)O)[C@@](C)([C@H](C)C(C)C)CC[C@]23C)[C@H]1OCC(N)CO. The number of carboxylic acid groups (broad SMARTS) is 1. The molecule has 0 spiro atoms. The van der Waals surface area contributed by atoms with E-state index in [9.17, 15) is 24.6 Å². The van der Waals surface area contributed by atoms with Gasteiger partial charge in [-0.1, -0.05) is 54.0 Å². The van der Waals surface area contributed by atoms with Crippen molar-refractivity contribution in [1.29, 1.82) is 0 Å². The number of hydrogen-bond donors (Lipinski definition) is 3. The Morgan fingerprint density at radius 2 is 1.80 bits per heavy atom. The molecule has 1 aliphatic heterocycles. The molecule has 0 amide bonds. The summed E-state index contributed by atoms with van der Waals surface area (Å²) in [5.74, 6) is -1.66. The average Bonchev–Trinajstić information content (AvgIpc) is 2.93. The Kier molecular flexibility index (Phi) is 8.51. The van der Waals surface area contributed by atoms with Crippen LogP contribution in [-0.4, -0.2) is 72.6 Å². The number of ketones is 1. The van der Waals surface area contributed by atoms with Gasteiger partial charge in [-0.2, -0.15) is 0 Å². The van der Waals surface area contributed by atoms with Gasteiger partial charge >= 0.3 is 11.9 Å². The molecule has 2 bridgehead atoms. The van der Waals surface area contributed by atoms with Crippen LogP contribution in [0.25, 0.3) is 0 Å². The molecule has 12 atom stereocenters. The number of ether oxygens (including phenoxy) is 3. The zero-order valence-corrected chi connectivity index (χ0v) is 28.0. The van der Waals surface area contributed by atoms with Crippen molar-refractivity contribution in [3.05, 3.63) is 11.6 Å². The number of rotatable bonds is 8. The Hall–Kier alpha value is -1.81. The second-order valence-electron chi connectivity index (χ2n) is 16.3. The van der Waals surface area contributed by atoms with Crippen LogP contribution in [-0.2, 0) is 28.6 Å². The molecule has 0 aromatic rings. The molecule has 9 heteroatoms. The van der Waals surface area contributed by atoms with Crippen LogP contribution in [0.2, 0.25) is 0 Å². The highest BCUT2D eigenvalue weighted by Crippen LogP contribution is 2.74. The van der Waals surface area contributed by atoms with Gasteiger partial charge in [0.05, 0.1) is 38.4 Å². The number of fused-ring (bicyclic) bond motifs is 3. The number of carbonyl (C=O) groups excluding carboxylic acids is 2. The van der Waals surface area contributed by atoms with Crippen molar-refractivity contribution in [3.63, 3.8) is 0 Å². The highest BCUT2D eigenvalue weighted by molar-refractivity contribution is 6.00. The van der Waals surface area contributed by atoms with Crippen LogP contribution in [0.3, 0.4) is 0 Å². The first kappa shape index (κ1) is 33.6. The predicted molar refractivity (Wildman–Crippen MR) is 164 cm³/mol. The topological polar surface area (TPSA) is 145 Å². The summed E-state index contributed by atoms with van der Waals surface area (Å²) in [5.41, 5.74) is 3.85. The maximum atomic E-state index is 14.7. The molecule has 1 heterocycles. The van der Waals surface area contributed by atoms with Gasteiger partial charge in [-0.05, 0) is 72.7 Å². The molecule has 0 aromatic carbocycles. The Morgan fingerprint density at radius 1 is 1.11 bits per heavy atom. The van der Waals surface area contributed by atoms with E-state index in [-0.39, 0.29) is 42.7 Å². The lowest BCUT2D eigenvalue weighted by atomic mass is 9.34. The first-order valence-corrected chi connectivity index (χ1v) is 16.7. The minimum Gasteiger partial charge on any atom is -0.481 e. The fraction of sp³-hybridized carbons (Fsp3) is 0.857. The van der Waals surface area contributed by atoms with Crippen molar-refractivity contribution in [2.24, 2.45) is 62.4 Å². The number of carboxylic acids is 1. The maximum absolute atomic E-state index is 14.7. The normalized spacial score (nSPS) is 46.2. The second-order valence-corrected chi connectivity index (χ2v) is 16.3. The van der Waals surface area contributed by atoms with Crippen LogP contribution < -0.4 is 5.73 Å². The number of aliphatic carboxylic acids is 1. The molecule has 0 radical (unpaired) electrons. The minimum absolute atomic E-state index is 0.00594. The van der Waals surface area contributed by atoms with Gasteiger partial charge in [-0.3, -0.25) is 14.4 Å². The molecule has 1 saturated heterocycles. The van der Waals surface area contributed by atoms with Gasteiger partial charge in [-0.15, -0.1) is 0 Å². The van der Waals surface area contributed by atoms with Crippen molar-refractivity contribution < 1.29 is 38.8 Å². The molecule has 5 rings (SSSR count). The van der Waals surface area contributed by atoms with Gasteiger partial charge in [0, 0.05) is 23.2 Å². The molecule has 44 heavy (non-hydrogen) atoms. The molecule has 4 N–H and O–H groups in total. The number of esters is 1. The molecule has 4 fully saturated rings. The number of nitrogens with two attached hydrogens (primary N) is 1. The Balaban J connectivity index is 1.63. The number of allylic oxidation sites excluding steroid dienone is 1. The molecular weight excluding hydrogens is 562 g/mol. The van der Waals surface area contributed by atoms with Crippen LogP contribution in [0, 0.1) is 56.7 Å². The van der Waals surface area contributed by atoms with Crippen LogP contribution >= 0.6 is 0 Å². The Bertz CT molecular complexity index is 1220. The zero-order chi connectivity index (χ0) is 32.6. The summed E-state index contributed by atoms with van der Waals surface area (Å²) < 4.78 is 18.8. The lowest BCUT2D eigenvalue weighted by Crippen LogP contribution is -2.71.